The predicted octanol–water partition coefficient (Wildman–Crippen LogP) is 4.93. The van der Waals surface area contributed by atoms with Crippen molar-refractivity contribution in [3.05, 3.63) is 36.0 Å². The lowest BCUT2D eigenvalue weighted by molar-refractivity contribution is 0.0531. The van der Waals surface area contributed by atoms with Crippen molar-refractivity contribution >= 4 is 17.2 Å². The summed E-state index contributed by atoms with van der Waals surface area (Å²) in [4.78, 5) is 16.1. The third kappa shape index (κ3) is 6.92. The van der Waals surface area contributed by atoms with E-state index in [2.05, 4.69) is 17.2 Å². The van der Waals surface area contributed by atoms with Crippen LogP contribution >= 0.6 is 0 Å². The second-order valence-corrected chi connectivity index (χ2v) is 7.25. The minimum absolute atomic E-state index is 0.00121. The van der Waals surface area contributed by atoms with Crippen molar-refractivity contribution in [2.75, 3.05) is 13.2 Å². The van der Waals surface area contributed by atoms with Gasteiger partial charge in [0.2, 0.25) is 0 Å². The van der Waals surface area contributed by atoms with E-state index in [1.807, 2.05) is 0 Å². The van der Waals surface area contributed by atoms with Gasteiger partial charge in [0.1, 0.15) is 23.5 Å². The van der Waals surface area contributed by atoms with Gasteiger partial charge in [-0.1, -0.05) is 13.3 Å². The summed E-state index contributed by atoms with van der Waals surface area (Å²) in [6.07, 6.45) is 2.71. The molecule has 0 aliphatic rings. The third-order valence-electron chi connectivity index (χ3n) is 3.58. The van der Waals surface area contributed by atoms with Crippen LogP contribution in [0.4, 0.5) is 9.18 Å². The number of halogens is 1. The largest absolute Gasteiger partial charge is 0.489 e. The van der Waals surface area contributed by atoms with E-state index in [9.17, 15) is 9.18 Å². The summed E-state index contributed by atoms with van der Waals surface area (Å²) in [7, 11) is 0. The Labute approximate surface area is 158 Å². The quantitative estimate of drug-likeness (QED) is 0.705. The second kappa shape index (κ2) is 9.39. The van der Waals surface area contributed by atoms with Crippen LogP contribution < -0.4 is 10.1 Å². The van der Waals surface area contributed by atoms with Crippen molar-refractivity contribution in [3.63, 3.8) is 0 Å². The number of oxazole rings is 1. The van der Waals surface area contributed by atoms with E-state index >= 15 is 0 Å². The zero-order valence-corrected chi connectivity index (χ0v) is 16.3. The number of ether oxygens (including phenoxy) is 2. The average molecular weight is 378 g/mol. The van der Waals surface area contributed by atoms with Gasteiger partial charge in [0.05, 0.1) is 6.33 Å². The lowest BCUT2D eigenvalue weighted by Crippen LogP contribution is -2.34. The van der Waals surface area contributed by atoms with Crippen molar-refractivity contribution in [2.45, 2.75) is 52.6 Å². The van der Waals surface area contributed by atoms with Crippen LogP contribution in [0, 0.1) is 0 Å². The number of carbonyl (C=O) groups excluding carboxylic acids is 1. The van der Waals surface area contributed by atoms with E-state index in [1.165, 1.54) is 0 Å². The fourth-order valence-electron chi connectivity index (χ4n) is 2.28. The summed E-state index contributed by atoms with van der Waals surface area (Å²) in [5.74, 6) is 1.25. The number of fused-ring (bicyclic) bond motifs is 1. The van der Waals surface area contributed by atoms with Gasteiger partial charge in [-0.2, -0.15) is 0 Å². The average Bonchev–Trinajstić information content (AvgIpc) is 3.00. The molecule has 1 amide bonds. The molecule has 27 heavy (non-hydrogen) atoms. The van der Waals surface area contributed by atoms with Crippen molar-refractivity contribution in [3.8, 4) is 5.75 Å². The maximum Gasteiger partial charge on any atom is 0.407 e. The van der Waals surface area contributed by atoms with E-state index in [0.29, 0.717) is 29.1 Å². The highest BCUT2D eigenvalue weighted by molar-refractivity contribution is 5.74. The maximum absolute atomic E-state index is 13.1. The van der Waals surface area contributed by atoms with Gasteiger partial charge in [-0.05, 0) is 39.3 Å². The highest BCUT2D eigenvalue weighted by atomic mass is 19.1. The van der Waals surface area contributed by atoms with Crippen LogP contribution in [0.2, 0.25) is 0 Å². The smallest absolute Gasteiger partial charge is 0.407 e. The Hall–Kier alpha value is -2.57. The van der Waals surface area contributed by atoms with Gasteiger partial charge in [-0.25, -0.2) is 14.2 Å². The molecule has 1 aromatic carbocycles. The normalized spacial score (nSPS) is 12.3. The molecule has 0 radical (unpaired) electrons. The molecule has 7 heteroatoms. The van der Waals surface area contributed by atoms with Gasteiger partial charge in [0.15, 0.2) is 11.5 Å². The van der Waals surface area contributed by atoms with E-state index in [1.54, 1.807) is 39.0 Å². The molecule has 0 fully saturated rings. The molecule has 0 saturated heterocycles. The third-order valence-corrected chi connectivity index (χ3v) is 3.58. The molecule has 0 aliphatic carbocycles. The summed E-state index contributed by atoms with van der Waals surface area (Å²) >= 11 is 0. The SMILES string of the molecule is CCCCc1nc2cc(OC/C(=C/F)CNC(=O)OC(C)(C)C)ccc2o1. The van der Waals surface area contributed by atoms with Gasteiger partial charge in [0.25, 0.3) is 0 Å². The number of aryl methyl sites for hydroxylation is 1. The predicted molar refractivity (Wildman–Crippen MR) is 102 cm³/mol. The molecule has 0 spiro atoms. The first kappa shape index (κ1) is 20.7. The number of hydrogen-bond donors (Lipinski definition) is 1. The zero-order valence-electron chi connectivity index (χ0n) is 16.3. The number of unbranched alkanes of at least 4 members (excludes halogenated alkanes) is 1. The summed E-state index contributed by atoms with van der Waals surface area (Å²) in [5.41, 5.74) is 1.07. The number of hydrogen-bond acceptors (Lipinski definition) is 5. The number of aromatic nitrogens is 1. The Balaban J connectivity index is 1.89. The Morgan fingerprint density at radius 1 is 1.37 bits per heavy atom. The summed E-state index contributed by atoms with van der Waals surface area (Å²) in [6, 6.07) is 5.28. The maximum atomic E-state index is 13.1. The van der Waals surface area contributed by atoms with Crippen molar-refractivity contribution in [1.29, 1.82) is 0 Å². The Kier molecular flexibility index (Phi) is 7.21. The second-order valence-electron chi connectivity index (χ2n) is 7.25. The molecule has 0 saturated carbocycles. The monoisotopic (exact) mass is 378 g/mol. The standard InChI is InChI=1S/C20H27FN2O4/c1-5-6-7-18-23-16-10-15(8-9-17(16)26-18)25-13-14(11-21)12-22-19(24)27-20(2,3)4/h8-11H,5-7,12-13H2,1-4H3,(H,22,24)/b14-11+. The number of alkyl carbamates (subject to hydrolysis) is 1. The lowest BCUT2D eigenvalue weighted by Gasteiger charge is -2.20. The first-order valence-corrected chi connectivity index (χ1v) is 9.08. The van der Waals surface area contributed by atoms with Crippen LogP contribution in [0.25, 0.3) is 11.1 Å². The fraction of sp³-hybridized carbons (Fsp3) is 0.500. The number of nitrogens with one attached hydrogen (secondary N) is 1. The molecule has 2 rings (SSSR count). The molecule has 6 nitrogen and oxygen atoms in total. The van der Waals surface area contributed by atoms with E-state index in [-0.39, 0.29) is 18.7 Å². The lowest BCUT2D eigenvalue weighted by atomic mass is 10.2. The van der Waals surface area contributed by atoms with Gasteiger partial charge < -0.3 is 19.2 Å². The van der Waals surface area contributed by atoms with Crippen LogP contribution in [-0.2, 0) is 11.2 Å². The fourth-order valence-corrected chi connectivity index (χ4v) is 2.28. The van der Waals surface area contributed by atoms with E-state index in [4.69, 9.17) is 13.9 Å². The summed E-state index contributed by atoms with van der Waals surface area (Å²) in [5, 5.41) is 2.50. The zero-order chi connectivity index (χ0) is 19.9. The Morgan fingerprint density at radius 2 is 2.15 bits per heavy atom. The number of carbonyl (C=O) groups is 1. The first-order chi connectivity index (χ1) is 12.8. The molecule has 148 valence electrons. The van der Waals surface area contributed by atoms with Crippen LogP contribution in [-0.4, -0.2) is 29.8 Å². The van der Waals surface area contributed by atoms with Gasteiger partial charge >= 0.3 is 6.09 Å². The Morgan fingerprint density at radius 3 is 2.81 bits per heavy atom. The van der Waals surface area contributed by atoms with E-state index in [0.717, 1.165) is 19.3 Å². The molecule has 0 aliphatic heterocycles. The minimum atomic E-state index is -0.608. The van der Waals surface area contributed by atoms with Crippen molar-refractivity contribution in [1.82, 2.24) is 10.3 Å². The number of nitrogens with zero attached hydrogens (tertiary/aromatic N) is 1. The van der Waals surface area contributed by atoms with E-state index < -0.39 is 11.7 Å². The number of benzene rings is 1. The molecular formula is C20H27FN2O4. The van der Waals surface area contributed by atoms with Crippen LogP contribution in [0.5, 0.6) is 5.75 Å². The summed E-state index contributed by atoms with van der Waals surface area (Å²) < 4.78 is 29.5. The summed E-state index contributed by atoms with van der Waals surface area (Å²) in [6.45, 7) is 7.39. The molecule has 0 bridgehead atoms. The van der Waals surface area contributed by atoms with Crippen LogP contribution in [0.3, 0.4) is 0 Å². The van der Waals surface area contributed by atoms with Gasteiger partial charge in [-0.3, -0.25) is 0 Å². The Bertz CT molecular complexity index is 793. The van der Waals surface area contributed by atoms with Gasteiger partial charge in [0, 0.05) is 24.6 Å². The molecule has 0 unspecified atom stereocenters. The molecule has 1 N–H and O–H groups in total. The topological polar surface area (TPSA) is 73.6 Å². The van der Waals surface area contributed by atoms with Crippen molar-refractivity contribution < 1.29 is 23.1 Å². The molecule has 1 aromatic heterocycles. The first-order valence-electron chi connectivity index (χ1n) is 9.08. The number of rotatable bonds is 8. The number of amides is 1. The molecule has 0 atom stereocenters. The highest BCUT2D eigenvalue weighted by Gasteiger charge is 2.16. The molecule has 2 aromatic rings. The van der Waals surface area contributed by atoms with Crippen molar-refractivity contribution in [2.24, 2.45) is 0 Å². The van der Waals surface area contributed by atoms with Gasteiger partial charge in [-0.15, -0.1) is 0 Å². The van der Waals surface area contributed by atoms with Crippen LogP contribution in [0.1, 0.15) is 46.4 Å². The highest BCUT2D eigenvalue weighted by Crippen LogP contribution is 2.22. The minimum Gasteiger partial charge on any atom is -0.489 e. The molecular weight excluding hydrogens is 351 g/mol. The van der Waals surface area contributed by atoms with Crippen LogP contribution in [0.15, 0.2) is 34.5 Å². The molecule has 1 heterocycles.